The maximum Gasteiger partial charge on any atom is 0.191 e. The van der Waals surface area contributed by atoms with Gasteiger partial charge in [-0.05, 0) is 34.1 Å². The van der Waals surface area contributed by atoms with Gasteiger partial charge < -0.3 is 15.4 Å². The lowest BCUT2D eigenvalue weighted by Crippen LogP contribution is -2.68. The minimum atomic E-state index is 0. The van der Waals surface area contributed by atoms with Gasteiger partial charge in [0.25, 0.3) is 0 Å². The van der Waals surface area contributed by atoms with Crippen LogP contribution in [0.15, 0.2) is 4.99 Å². The van der Waals surface area contributed by atoms with E-state index in [-0.39, 0.29) is 34.9 Å². The molecule has 1 aliphatic carbocycles. The molecule has 0 radical (unpaired) electrons. The maximum absolute atomic E-state index is 5.84. The molecule has 1 saturated carbocycles. The summed E-state index contributed by atoms with van der Waals surface area (Å²) in [5.74, 6) is 1.57. The van der Waals surface area contributed by atoms with Crippen molar-refractivity contribution in [2.24, 2.45) is 16.3 Å². The first-order valence-corrected chi connectivity index (χ1v) is 7.46. The largest absolute Gasteiger partial charge is 0.377 e. The van der Waals surface area contributed by atoms with Crippen molar-refractivity contribution in [1.82, 2.24) is 10.6 Å². The molecule has 2 fully saturated rings. The van der Waals surface area contributed by atoms with Crippen LogP contribution in [-0.4, -0.2) is 36.8 Å². The molecular weight excluding hydrogens is 365 g/mol. The summed E-state index contributed by atoms with van der Waals surface area (Å²) in [6.45, 7) is 14.8. The van der Waals surface area contributed by atoms with Gasteiger partial charge in [-0.25, -0.2) is 0 Å². The second-order valence-corrected chi connectivity index (χ2v) is 7.39. The molecule has 0 aromatic heterocycles. The van der Waals surface area contributed by atoms with Gasteiger partial charge in [0.1, 0.15) is 0 Å². The van der Waals surface area contributed by atoms with E-state index < -0.39 is 0 Å². The third-order valence-corrected chi connectivity index (χ3v) is 4.20. The summed E-state index contributed by atoms with van der Waals surface area (Å²) in [5.41, 5.74) is 0.218. The van der Waals surface area contributed by atoms with Crippen LogP contribution in [0.4, 0.5) is 0 Å². The molecule has 1 heterocycles. The van der Waals surface area contributed by atoms with E-state index >= 15 is 0 Å². The Morgan fingerprint density at radius 1 is 1.35 bits per heavy atom. The standard InChI is InChI=1S/C15H29N3O.HI/c1-7-16-13(18-14(2,3)4)17-11-10-8-9-19-12(10)15(11,5)6;/h10-12H,7-9H2,1-6H3,(H2,16,17,18);1H. The van der Waals surface area contributed by atoms with Gasteiger partial charge in [-0.15, -0.1) is 24.0 Å². The van der Waals surface area contributed by atoms with Gasteiger partial charge in [0, 0.05) is 36.1 Å². The molecule has 4 nitrogen and oxygen atoms in total. The van der Waals surface area contributed by atoms with E-state index in [4.69, 9.17) is 4.74 Å². The van der Waals surface area contributed by atoms with Crippen molar-refractivity contribution in [3.8, 4) is 0 Å². The molecule has 0 aromatic carbocycles. The lowest BCUT2D eigenvalue weighted by molar-refractivity contribution is -0.107. The van der Waals surface area contributed by atoms with Crippen LogP contribution in [0.25, 0.3) is 0 Å². The third kappa shape index (κ3) is 3.59. The Morgan fingerprint density at radius 3 is 2.55 bits per heavy atom. The highest BCUT2D eigenvalue weighted by Crippen LogP contribution is 2.52. The highest BCUT2D eigenvalue weighted by Gasteiger charge is 2.59. The van der Waals surface area contributed by atoms with Crippen LogP contribution < -0.4 is 10.6 Å². The number of halogens is 1. The number of ether oxygens (including phenoxy) is 1. The summed E-state index contributed by atoms with van der Waals surface area (Å²) in [4.78, 5) is 4.56. The molecule has 3 unspecified atom stereocenters. The van der Waals surface area contributed by atoms with Gasteiger partial charge in [-0.3, -0.25) is 4.99 Å². The lowest BCUT2D eigenvalue weighted by Gasteiger charge is -2.55. The minimum Gasteiger partial charge on any atom is -0.377 e. The van der Waals surface area contributed by atoms with E-state index in [9.17, 15) is 0 Å². The Bertz CT molecular complexity index is 363. The molecule has 0 aromatic rings. The van der Waals surface area contributed by atoms with E-state index in [0.717, 1.165) is 19.1 Å². The highest BCUT2D eigenvalue weighted by atomic mass is 127. The Morgan fingerprint density at radius 2 is 2.00 bits per heavy atom. The Kier molecular flexibility index (Phi) is 5.75. The number of nitrogens with one attached hydrogen (secondary N) is 2. The first kappa shape index (κ1) is 18.0. The van der Waals surface area contributed by atoms with Crippen molar-refractivity contribution in [1.29, 1.82) is 0 Å². The first-order chi connectivity index (χ1) is 8.75. The zero-order valence-corrected chi connectivity index (χ0v) is 15.9. The fraction of sp³-hybridized carbons (Fsp3) is 0.933. The Balaban J connectivity index is 0.00000200. The molecule has 2 rings (SSSR count). The highest BCUT2D eigenvalue weighted by molar-refractivity contribution is 14.0. The Hall–Kier alpha value is -0.0400. The topological polar surface area (TPSA) is 45.7 Å². The van der Waals surface area contributed by atoms with E-state index in [0.29, 0.717) is 18.1 Å². The molecule has 5 heteroatoms. The molecular formula is C15H30IN3O. The number of nitrogens with zero attached hydrogens (tertiary/aromatic N) is 1. The summed E-state index contributed by atoms with van der Waals surface area (Å²) in [6.07, 6.45) is 1.59. The Labute approximate surface area is 140 Å². The minimum absolute atomic E-state index is 0. The van der Waals surface area contributed by atoms with Gasteiger partial charge in [0.15, 0.2) is 5.96 Å². The molecule has 1 saturated heterocycles. The predicted octanol–water partition coefficient (Wildman–Crippen LogP) is 2.77. The summed E-state index contributed by atoms with van der Waals surface area (Å²) in [5, 5.41) is 7.10. The molecule has 1 aliphatic heterocycles. The van der Waals surface area contributed by atoms with Crippen molar-refractivity contribution >= 4 is 29.9 Å². The molecule has 20 heavy (non-hydrogen) atoms. The van der Waals surface area contributed by atoms with Crippen molar-refractivity contribution in [3.05, 3.63) is 0 Å². The normalized spacial score (nSPS) is 31.9. The fourth-order valence-corrected chi connectivity index (χ4v) is 3.40. The van der Waals surface area contributed by atoms with Gasteiger partial charge in [0.2, 0.25) is 0 Å². The lowest BCUT2D eigenvalue weighted by atomic mass is 9.57. The molecule has 118 valence electrons. The second kappa shape index (κ2) is 6.38. The van der Waals surface area contributed by atoms with Crippen molar-refractivity contribution in [3.63, 3.8) is 0 Å². The van der Waals surface area contributed by atoms with Crippen LogP contribution in [0.2, 0.25) is 0 Å². The van der Waals surface area contributed by atoms with Crippen molar-refractivity contribution in [2.45, 2.75) is 65.6 Å². The van der Waals surface area contributed by atoms with Crippen LogP contribution in [0.1, 0.15) is 48.0 Å². The second-order valence-electron chi connectivity index (χ2n) is 7.39. The smallest absolute Gasteiger partial charge is 0.191 e. The maximum atomic E-state index is 5.84. The average Bonchev–Trinajstić information content (AvgIpc) is 2.70. The number of guanidine groups is 1. The van der Waals surface area contributed by atoms with Crippen LogP contribution in [0.3, 0.4) is 0 Å². The van der Waals surface area contributed by atoms with E-state index in [1.54, 1.807) is 0 Å². The summed E-state index contributed by atoms with van der Waals surface area (Å²) in [7, 11) is 0. The van der Waals surface area contributed by atoms with E-state index in [1.807, 2.05) is 0 Å². The quantitative estimate of drug-likeness (QED) is 0.430. The van der Waals surface area contributed by atoms with Crippen LogP contribution >= 0.6 is 24.0 Å². The zero-order valence-electron chi connectivity index (χ0n) is 13.6. The predicted molar refractivity (Wildman–Crippen MR) is 94.8 cm³/mol. The number of fused-ring (bicyclic) bond motifs is 1. The van der Waals surface area contributed by atoms with Gasteiger partial charge >= 0.3 is 0 Å². The summed E-state index contributed by atoms with van der Waals surface area (Å²) < 4.78 is 5.84. The zero-order chi connectivity index (χ0) is 14.3. The molecule has 0 bridgehead atoms. The van der Waals surface area contributed by atoms with Crippen molar-refractivity contribution in [2.75, 3.05) is 13.2 Å². The molecule has 0 amide bonds. The summed E-state index contributed by atoms with van der Waals surface area (Å²) in [6, 6.07) is 0.458. The monoisotopic (exact) mass is 395 g/mol. The SMILES string of the molecule is CCN=C(NC1C2CCOC2C1(C)C)NC(C)(C)C.I. The van der Waals surface area contributed by atoms with Gasteiger partial charge in [-0.2, -0.15) is 0 Å². The van der Waals surface area contributed by atoms with Crippen LogP contribution in [0, 0.1) is 11.3 Å². The number of aliphatic imine (C=N–C) groups is 1. The number of rotatable bonds is 2. The van der Waals surface area contributed by atoms with Gasteiger partial charge in [0.05, 0.1) is 6.10 Å². The van der Waals surface area contributed by atoms with E-state index in [2.05, 4.69) is 57.2 Å². The third-order valence-electron chi connectivity index (χ3n) is 4.20. The summed E-state index contributed by atoms with van der Waals surface area (Å²) >= 11 is 0. The fourth-order valence-electron chi connectivity index (χ4n) is 3.40. The van der Waals surface area contributed by atoms with Crippen LogP contribution in [-0.2, 0) is 4.74 Å². The molecule has 2 N–H and O–H groups in total. The number of hydrogen-bond donors (Lipinski definition) is 2. The van der Waals surface area contributed by atoms with E-state index in [1.165, 1.54) is 6.42 Å². The molecule has 2 aliphatic rings. The molecule has 0 spiro atoms. The molecule has 3 atom stereocenters. The van der Waals surface area contributed by atoms with Gasteiger partial charge in [-0.1, -0.05) is 13.8 Å². The van der Waals surface area contributed by atoms with Crippen molar-refractivity contribution < 1.29 is 4.74 Å². The number of hydrogen-bond acceptors (Lipinski definition) is 2. The average molecular weight is 395 g/mol. The first-order valence-electron chi connectivity index (χ1n) is 7.46. The van der Waals surface area contributed by atoms with Crippen LogP contribution in [0.5, 0.6) is 0 Å².